The smallest absolute Gasteiger partial charge is 0.411 e. The summed E-state index contributed by atoms with van der Waals surface area (Å²) >= 11 is 0. The molecule has 1 N–H and O–H groups in total. The van der Waals surface area contributed by atoms with Gasteiger partial charge in [0.05, 0.1) is 6.61 Å². The van der Waals surface area contributed by atoms with Gasteiger partial charge in [0.1, 0.15) is 5.82 Å². The second-order valence-electron chi connectivity index (χ2n) is 3.55. The van der Waals surface area contributed by atoms with Crippen LogP contribution in [0.3, 0.4) is 0 Å². The lowest BCUT2D eigenvalue weighted by Crippen LogP contribution is -2.13. The summed E-state index contributed by atoms with van der Waals surface area (Å²) in [6.07, 6.45) is -0.492. The van der Waals surface area contributed by atoms with Crippen molar-refractivity contribution >= 4 is 22.6 Å². The number of anilines is 1. The van der Waals surface area contributed by atoms with Crippen molar-refractivity contribution in [2.24, 2.45) is 0 Å². The summed E-state index contributed by atoms with van der Waals surface area (Å²) in [5, 5.41) is 4.25. The number of nitrogens with one attached hydrogen (secondary N) is 1. The molecule has 0 aliphatic carbocycles. The van der Waals surface area contributed by atoms with Crippen LogP contribution in [0.15, 0.2) is 36.4 Å². The van der Waals surface area contributed by atoms with Crippen LogP contribution in [0, 0.1) is 5.82 Å². The molecule has 17 heavy (non-hydrogen) atoms. The monoisotopic (exact) mass is 233 g/mol. The van der Waals surface area contributed by atoms with Crippen LogP contribution in [0.25, 0.3) is 10.8 Å². The normalized spacial score (nSPS) is 10.2. The fourth-order valence-corrected chi connectivity index (χ4v) is 1.58. The summed E-state index contributed by atoms with van der Waals surface area (Å²) in [4.78, 5) is 11.2. The maximum Gasteiger partial charge on any atom is 0.411 e. The van der Waals surface area contributed by atoms with Crippen LogP contribution >= 0.6 is 0 Å². The van der Waals surface area contributed by atoms with Crippen LogP contribution in [0.5, 0.6) is 0 Å². The Morgan fingerprint density at radius 3 is 2.71 bits per heavy atom. The Morgan fingerprint density at radius 2 is 1.94 bits per heavy atom. The number of hydrogen-bond acceptors (Lipinski definition) is 2. The highest BCUT2D eigenvalue weighted by molar-refractivity contribution is 5.91. The molecule has 0 aromatic heterocycles. The van der Waals surface area contributed by atoms with Gasteiger partial charge in [-0.25, -0.2) is 9.18 Å². The zero-order chi connectivity index (χ0) is 12.3. The number of carbonyl (C=O) groups excluding carboxylic acids is 1. The molecule has 2 rings (SSSR count). The first-order valence-electron chi connectivity index (χ1n) is 5.32. The Hall–Kier alpha value is -2.10. The summed E-state index contributed by atoms with van der Waals surface area (Å²) < 4.78 is 17.7. The van der Waals surface area contributed by atoms with E-state index in [1.807, 2.05) is 0 Å². The molecule has 0 spiro atoms. The quantitative estimate of drug-likeness (QED) is 0.861. The van der Waals surface area contributed by atoms with Gasteiger partial charge in [0.2, 0.25) is 0 Å². The van der Waals surface area contributed by atoms with E-state index in [4.69, 9.17) is 4.74 Å². The molecule has 0 fully saturated rings. The Bertz CT molecular complexity index is 554. The second kappa shape index (κ2) is 4.82. The number of carbonyl (C=O) groups is 1. The minimum Gasteiger partial charge on any atom is -0.450 e. The Labute approximate surface area is 98.2 Å². The largest absolute Gasteiger partial charge is 0.450 e. The van der Waals surface area contributed by atoms with E-state index in [-0.39, 0.29) is 5.82 Å². The third kappa shape index (κ3) is 2.72. The third-order valence-corrected chi connectivity index (χ3v) is 2.32. The first kappa shape index (κ1) is 11.4. The molecule has 0 saturated heterocycles. The van der Waals surface area contributed by atoms with Crippen molar-refractivity contribution < 1.29 is 13.9 Å². The maximum atomic E-state index is 13.0. The molecule has 0 bridgehead atoms. The molecule has 0 atom stereocenters. The fourth-order valence-electron chi connectivity index (χ4n) is 1.58. The predicted molar refractivity (Wildman–Crippen MR) is 64.6 cm³/mol. The summed E-state index contributed by atoms with van der Waals surface area (Å²) in [6, 6.07) is 9.73. The third-order valence-electron chi connectivity index (χ3n) is 2.32. The molecule has 4 heteroatoms. The van der Waals surface area contributed by atoms with Crippen molar-refractivity contribution in [1.29, 1.82) is 0 Å². The second-order valence-corrected chi connectivity index (χ2v) is 3.55. The summed E-state index contributed by atoms with van der Waals surface area (Å²) in [7, 11) is 0. The van der Waals surface area contributed by atoms with Gasteiger partial charge < -0.3 is 4.74 Å². The molecule has 3 nitrogen and oxygen atoms in total. The van der Waals surface area contributed by atoms with E-state index in [0.717, 1.165) is 10.8 Å². The molecule has 88 valence electrons. The maximum absolute atomic E-state index is 13.0. The van der Waals surface area contributed by atoms with E-state index in [9.17, 15) is 9.18 Å². The molecule has 0 saturated carbocycles. The predicted octanol–water partition coefficient (Wildman–Crippen LogP) is 3.55. The zero-order valence-corrected chi connectivity index (χ0v) is 9.37. The van der Waals surface area contributed by atoms with Crippen LogP contribution in [-0.2, 0) is 4.74 Å². The van der Waals surface area contributed by atoms with Crippen LogP contribution in [0.1, 0.15) is 6.92 Å². The Morgan fingerprint density at radius 1 is 1.24 bits per heavy atom. The van der Waals surface area contributed by atoms with Gasteiger partial charge in [-0.15, -0.1) is 0 Å². The highest BCUT2D eigenvalue weighted by Crippen LogP contribution is 2.20. The van der Waals surface area contributed by atoms with Crippen LogP contribution in [-0.4, -0.2) is 12.7 Å². The summed E-state index contributed by atoms with van der Waals surface area (Å²) in [5.41, 5.74) is 0.627. The lowest BCUT2D eigenvalue weighted by atomic mass is 10.1. The molecular weight excluding hydrogens is 221 g/mol. The van der Waals surface area contributed by atoms with Gasteiger partial charge in [0, 0.05) is 5.69 Å². The van der Waals surface area contributed by atoms with Gasteiger partial charge in [-0.3, -0.25) is 5.32 Å². The first-order chi connectivity index (χ1) is 8.19. The molecule has 2 aromatic carbocycles. The van der Waals surface area contributed by atoms with Gasteiger partial charge in [0.15, 0.2) is 0 Å². The molecule has 0 aliphatic rings. The number of hydrogen-bond donors (Lipinski definition) is 1. The standard InChI is InChI=1S/C13H12FNO2/c1-2-17-13(16)15-12-6-4-9-7-11(14)5-3-10(9)8-12/h3-8H,2H2,1H3,(H,15,16). The number of fused-ring (bicyclic) bond motifs is 1. The molecule has 0 heterocycles. The molecule has 0 aliphatic heterocycles. The van der Waals surface area contributed by atoms with E-state index >= 15 is 0 Å². The van der Waals surface area contributed by atoms with Crippen molar-refractivity contribution in [3.8, 4) is 0 Å². The van der Waals surface area contributed by atoms with E-state index in [2.05, 4.69) is 5.32 Å². The average molecular weight is 233 g/mol. The van der Waals surface area contributed by atoms with Gasteiger partial charge in [-0.2, -0.15) is 0 Å². The molecule has 0 unspecified atom stereocenters. The van der Waals surface area contributed by atoms with Crippen molar-refractivity contribution in [1.82, 2.24) is 0 Å². The number of ether oxygens (including phenoxy) is 1. The number of benzene rings is 2. The van der Waals surface area contributed by atoms with E-state index in [0.29, 0.717) is 12.3 Å². The molecule has 0 radical (unpaired) electrons. The number of amides is 1. The average Bonchev–Trinajstić information content (AvgIpc) is 2.29. The molecular formula is C13H12FNO2. The zero-order valence-electron chi connectivity index (χ0n) is 9.37. The van der Waals surface area contributed by atoms with Crippen molar-refractivity contribution in [3.05, 3.63) is 42.2 Å². The van der Waals surface area contributed by atoms with E-state index < -0.39 is 6.09 Å². The van der Waals surface area contributed by atoms with Crippen LogP contribution in [0.4, 0.5) is 14.9 Å². The highest BCUT2D eigenvalue weighted by Gasteiger charge is 2.03. The first-order valence-corrected chi connectivity index (χ1v) is 5.32. The minimum absolute atomic E-state index is 0.274. The lowest BCUT2D eigenvalue weighted by molar-refractivity contribution is 0.168. The molecule has 2 aromatic rings. The number of rotatable bonds is 2. The number of halogens is 1. The Balaban J connectivity index is 2.26. The fraction of sp³-hybridized carbons (Fsp3) is 0.154. The molecule has 1 amide bonds. The highest BCUT2D eigenvalue weighted by atomic mass is 19.1. The lowest BCUT2D eigenvalue weighted by Gasteiger charge is -2.06. The minimum atomic E-state index is -0.492. The van der Waals surface area contributed by atoms with Gasteiger partial charge in [0.25, 0.3) is 0 Å². The van der Waals surface area contributed by atoms with Crippen molar-refractivity contribution in [3.63, 3.8) is 0 Å². The van der Waals surface area contributed by atoms with Crippen molar-refractivity contribution in [2.45, 2.75) is 6.92 Å². The van der Waals surface area contributed by atoms with Gasteiger partial charge in [-0.1, -0.05) is 12.1 Å². The van der Waals surface area contributed by atoms with Crippen LogP contribution in [0.2, 0.25) is 0 Å². The summed E-state index contributed by atoms with van der Waals surface area (Å²) in [5.74, 6) is -0.274. The SMILES string of the molecule is CCOC(=O)Nc1ccc2cc(F)ccc2c1. The Kier molecular flexibility index (Phi) is 3.23. The van der Waals surface area contributed by atoms with Gasteiger partial charge in [-0.05, 0) is 42.0 Å². The summed E-state index contributed by atoms with van der Waals surface area (Å²) in [6.45, 7) is 2.06. The van der Waals surface area contributed by atoms with Gasteiger partial charge >= 0.3 is 6.09 Å². The topological polar surface area (TPSA) is 38.3 Å². The van der Waals surface area contributed by atoms with E-state index in [1.165, 1.54) is 12.1 Å². The van der Waals surface area contributed by atoms with Crippen LogP contribution < -0.4 is 5.32 Å². The van der Waals surface area contributed by atoms with Crippen molar-refractivity contribution in [2.75, 3.05) is 11.9 Å². The van der Waals surface area contributed by atoms with E-state index in [1.54, 1.807) is 31.2 Å².